The molecule has 1 aromatic heterocycles. The van der Waals surface area contributed by atoms with Crippen molar-refractivity contribution in [2.75, 3.05) is 7.05 Å². The van der Waals surface area contributed by atoms with Crippen molar-refractivity contribution in [2.24, 2.45) is 0 Å². The summed E-state index contributed by atoms with van der Waals surface area (Å²) in [5.41, 5.74) is 2.03. The first-order chi connectivity index (χ1) is 10.1. The van der Waals surface area contributed by atoms with E-state index in [0.717, 1.165) is 35.1 Å². The average Bonchev–Trinajstić information content (AvgIpc) is 2.43. The van der Waals surface area contributed by atoms with Gasteiger partial charge in [-0.3, -0.25) is 0 Å². The van der Waals surface area contributed by atoms with Gasteiger partial charge in [-0.1, -0.05) is 29.3 Å². The normalized spacial score (nSPS) is 10.7. The lowest BCUT2D eigenvalue weighted by atomic mass is 10.1. The van der Waals surface area contributed by atoms with Gasteiger partial charge in [-0.2, -0.15) is 0 Å². The van der Waals surface area contributed by atoms with Crippen LogP contribution in [0, 0.1) is 5.82 Å². The van der Waals surface area contributed by atoms with Crippen LogP contribution < -0.4 is 10.1 Å². The molecule has 1 heterocycles. The van der Waals surface area contributed by atoms with Gasteiger partial charge in [-0.25, -0.2) is 9.37 Å². The Labute approximate surface area is 132 Å². The number of aryl methyl sites for hydroxylation is 1. The van der Waals surface area contributed by atoms with Crippen molar-refractivity contribution in [3.05, 3.63) is 51.9 Å². The Morgan fingerprint density at radius 2 is 2.10 bits per heavy atom. The molecule has 0 fully saturated rings. The summed E-state index contributed by atoms with van der Waals surface area (Å²) in [6.07, 6.45) is 1.87. The lowest BCUT2D eigenvalue weighted by Gasteiger charge is -2.10. The van der Waals surface area contributed by atoms with Crippen molar-refractivity contribution in [2.45, 2.75) is 26.3 Å². The smallest absolute Gasteiger partial charge is 0.219 e. The van der Waals surface area contributed by atoms with Crippen molar-refractivity contribution in [3.63, 3.8) is 0 Å². The van der Waals surface area contributed by atoms with Crippen LogP contribution >= 0.6 is 15.9 Å². The number of halogens is 2. The van der Waals surface area contributed by atoms with Gasteiger partial charge in [0, 0.05) is 22.8 Å². The van der Waals surface area contributed by atoms with Crippen LogP contribution in [0.15, 0.2) is 34.8 Å². The fourth-order valence-electron chi connectivity index (χ4n) is 2.03. The molecule has 3 nitrogen and oxygen atoms in total. The molecule has 0 aliphatic rings. The quantitative estimate of drug-likeness (QED) is 0.833. The summed E-state index contributed by atoms with van der Waals surface area (Å²) in [6.45, 7) is 2.82. The van der Waals surface area contributed by atoms with E-state index in [0.29, 0.717) is 5.88 Å². The minimum atomic E-state index is -0.406. The molecule has 0 radical (unpaired) electrons. The summed E-state index contributed by atoms with van der Waals surface area (Å²) in [4.78, 5) is 4.44. The van der Waals surface area contributed by atoms with Crippen LogP contribution in [0.25, 0.3) is 0 Å². The molecule has 0 aliphatic heterocycles. The molecule has 0 spiro atoms. The molecule has 0 saturated heterocycles. The fraction of sp³-hybridized carbons (Fsp3) is 0.312. The summed E-state index contributed by atoms with van der Waals surface area (Å²) in [5.74, 6) is 0.181. The van der Waals surface area contributed by atoms with Crippen LogP contribution in [0.2, 0.25) is 0 Å². The standard InChI is InChI=1S/C16H18BrFN2O/c1-3-4-13-7-11(10-19-2)8-16(20-13)21-15-9-12(17)5-6-14(15)18/h5-9,19H,3-4,10H2,1-2H3. The Morgan fingerprint density at radius 3 is 2.81 bits per heavy atom. The Kier molecular flexibility index (Phi) is 5.70. The van der Waals surface area contributed by atoms with Crippen LogP contribution in [0.5, 0.6) is 11.6 Å². The first kappa shape index (κ1) is 15.9. The fourth-order valence-corrected chi connectivity index (χ4v) is 2.37. The largest absolute Gasteiger partial charge is 0.436 e. The number of pyridine rings is 1. The zero-order valence-corrected chi connectivity index (χ0v) is 13.7. The van der Waals surface area contributed by atoms with Gasteiger partial charge in [-0.05, 0) is 43.3 Å². The molecular formula is C16H18BrFN2O. The molecule has 0 aliphatic carbocycles. The van der Waals surface area contributed by atoms with Crippen molar-refractivity contribution in [3.8, 4) is 11.6 Å². The predicted molar refractivity (Wildman–Crippen MR) is 85.2 cm³/mol. The number of hydrogen-bond donors (Lipinski definition) is 1. The second-order valence-electron chi connectivity index (χ2n) is 4.76. The molecule has 1 aromatic carbocycles. The van der Waals surface area contributed by atoms with E-state index in [4.69, 9.17) is 4.74 Å². The summed E-state index contributed by atoms with van der Waals surface area (Å²) < 4.78 is 20.1. The van der Waals surface area contributed by atoms with Crippen molar-refractivity contribution < 1.29 is 9.13 Å². The molecular weight excluding hydrogens is 335 g/mol. The highest BCUT2D eigenvalue weighted by molar-refractivity contribution is 9.10. The third kappa shape index (κ3) is 4.51. The number of ether oxygens (including phenoxy) is 1. The number of aromatic nitrogens is 1. The van der Waals surface area contributed by atoms with Crippen molar-refractivity contribution in [1.29, 1.82) is 0 Å². The van der Waals surface area contributed by atoms with Gasteiger partial charge in [0.2, 0.25) is 5.88 Å². The van der Waals surface area contributed by atoms with Crippen molar-refractivity contribution in [1.82, 2.24) is 10.3 Å². The summed E-state index contributed by atoms with van der Waals surface area (Å²) in [6, 6.07) is 8.47. The molecule has 112 valence electrons. The lowest BCUT2D eigenvalue weighted by molar-refractivity contribution is 0.424. The highest BCUT2D eigenvalue weighted by atomic mass is 79.9. The minimum absolute atomic E-state index is 0.168. The highest BCUT2D eigenvalue weighted by Gasteiger charge is 2.09. The molecule has 0 saturated carbocycles. The molecule has 1 N–H and O–H groups in total. The first-order valence-electron chi connectivity index (χ1n) is 6.89. The minimum Gasteiger partial charge on any atom is -0.436 e. The third-order valence-corrected chi connectivity index (χ3v) is 3.40. The average molecular weight is 353 g/mol. The van der Waals surface area contributed by atoms with E-state index in [1.807, 2.05) is 19.2 Å². The maximum absolute atomic E-state index is 13.8. The Bertz CT molecular complexity index is 595. The maximum Gasteiger partial charge on any atom is 0.219 e. The van der Waals surface area contributed by atoms with Crippen LogP contribution in [0.4, 0.5) is 4.39 Å². The van der Waals surface area contributed by atoms with E-state index < -0.39 is 5.82 Å². The van der Waals surface area contributed by atoms with Crippen LogP contribution in [0.3, 0.4) is 0 Å². The Morgan fingerprint density at radius 1 is 1.29 bits per heavy atom. The highest BCUT2D eigenvalue weighted by Crippen LogP contribution is 2.27. The van der Waals surface area contributed by atoms with Crippen LogP contribution in [0.1, 0.15) is 24.6 Å². The van der Waals surface area contributed by atoms with E-state index in [1.165, 1.54) is 6.07 Å². The maximum atomic E-state index is 13.8. The summed E-state index contributed by atoms with van der Waals surface area (Å²) in [5, 5.41) is 3.10. The van der Waals surface area contributed by atoms with Gasteiger partial charge >= 0.3 is 0 Å². The SMILES string of the molecule is CCCc1cc(CNC)cc(Oc2cc(Br)ccc2F)n1. The van der Waals surface area contributed by atoms with Gasteiger partial charge in [0.25, 0.3) is 0 Å². The second kappa shape index (κ2) is 7.52. The Balaban J connectivity index is 2.31. The number of hydrogen-bond acceptors (Lipinski definition) is 3. The molecule has 0 unspecified atom stereocenters. The second-order valence-corrected chi connectivity index (χ2v) is 5.68. The summed E-state index contributed by atoms with van der Waals surface area (Å²) in [7, 11) is 1.88. The van der Waals surface area contributed by atoms with Gasteiger partial charge in [0.05, 0.1) is 0 Å². The van der Waals surface area contributed by atoms with Gasteiger partial charge in [0.15, 0.2) is 11.6 Å². The topological polar surface area (TPSA) is 34.1 Å². The van der Waals surface area contributed by atoms with Gasteiger partial charge in [0.1, 0.15) is 0 Å². The molecule has 2 aromatic rings. The number of rotatable bonds is 6. The molecule has 21 heavy (non-hydrogen) atoms. The van der Waals surface area contributed by atoms with Gasteiger partial charge in [-0.15, -0.1) is 0 Å². The molecule has 2 rings (SSSR count). The molecule has 0 bridgehead atoms. The van der Waals surface area contributed by atoms with E-state index in [-0.39, 0.29) is 5.75 Å². The third-order valence-electron chi connectivity index (χ3n) is 2.91. The Hall–Kier alpha value is -1.46. The summed E-state index contributed by atoms with van der Waals surface area (Å²) >= 11 is 3.31. The van der Waals surface area contributed by atoms with E-state index in [9.17, 15) is 4.39 Å². The monoisotopic (exact) mass is 352 g/mol. The molecule has 5 heteroatoms. The van der Waals surface area contributed by atoms with Crippen LogP contribution in [-0.2, 0) is 13.0 Å². The zero-order chi connectivity index (χ0) is 15.2. The van der Waals surface area contributed by atoms with E-state index in [1.54, 1.807) is 12.1 Å². The number of nitrogens with one attached hydrogen (secondary N) is 1. The lowest BCUT2D eigenvalue weighted by Crippen LogP contribution is -2.07. The van der Waals surface area contributed by atoms with E-state index in [2.05, 4.69) is 33.2 Å². The number of nitrogens with zero attached hydrogens (tertiary/aromatic N) is 1. The van der Waals surface area contributed by atoms with Gasteiger partial charge < -0.3 is 10.1 Å². The zero-order valence-electron chi connectivity index (χ0n) is 12.1. The number of benzene rings is 1. The van der Waals surface area contributed by atoms with Crippen LogP contribution in [-0.4, -0.2) is 12.0 Å². The van der Waals surface area contributed by atoms with Crippen molar-refractivity contribution >= 4 is 15.9 Å². The first-order valence-corrected chi connectivity index (χ1v) is 7.69. The van der Waals surface area contributed by atoms with E-state index >= 15 is 0 Å². The molecule has 0 amide bonds. The predicted octanol–water partition coefficient (Wildman–Crippen LogP) is 4.45. The molecule has 0 atom stereocenters.